The Morgan fingerprint density at radius 1 is 1.44 bits per heavy atom. The van der Waals surface area contributed by atoms with Gasteiger partial charge in [0, 0.05) is 13.1 Å². The molecule has 18 heavy (non-hydrogen) atoms. The summed E-state index contributed by atoms with van der Waals surface area (Å²) in [5.74, 6) is 1.04. The van der Waals surface area contributed by atoms with Crippen LogP contribution >= 0.6 is 0 Å². The Kier molecular flexibility index (Phi) is 4.62. The van der Waals surface area contributed by atoms with E-state index in [2.05, 4.69) is 29.5 Å². The number of nitrogens with zero attached hydrogens (tertiary/aromatic N) is 1. The molecule has 104 valence electrons. The highest BCUT2D eigenvalue weighted by atomic mass is 16.2. The first-order valence-corrected chi connectivity index (χ1v) is 7.28. The third-order valence-electron chi connectivity index (χ3n) is 4.59. The van der Waals surface area contributed by atoms with Crippen LogP contribution in [0.4, 0.5) is 0 Å². The summed E-state index contributed by atoms with van der Waals surface area (Å²) in [6.07, 6.45) is 4.67. The highest BCUT2D eigenvalue weighted by Gasteiger charge is 2.35. The number of piperidine rings is 1. The molecule has 1 amide bonds. The average molecular weight is 253 g/mol. The Labute approximate surface area is 110 Å². The van der Waals surface area contributed by atoms with Gasteiger partial charge in [-0.1, -0.05) is 0 Å². The first kappa shape index (κ1) is 13.8. The lowest BCUT2D eigenvalue weighted by Crippen LogP contribution is -2.41. The topological polar surface area (TPSA) is 44.4 Å². The van der Waals surface area contributed by atoms with Crippen molar-refractivity contribution in [2.24, 2.45) is 11.3 Å². The van der Waals surface area contributed by atoms with Gasteiger partial charge in [-0.3, -0.25) is 4.79 Å². The van der Waals surface area contributed by atoms with Crippen LogP contribution in [0.3, 0.4) is 0 Å². The van der Waals surface area contributed by atoms with E-state index in [1.807, 2.05) is 0 Å². The van der Waals surface area contributed by atoms with Gasteiger partial charge in [-0.15, -0.1) is 0 Å². The molecule has 4 nitrogen and oxygen atoms in total. The van der Waals surface area contributed by atoms with E-state index in [-0.39, 0.29) is 11.3 Å². The normalized spacial score (nSPS) is 30.6. The Bertz CT molecular complexity index is 279. The van der Waals surface area contributed by atoms with E-state index >= 15 is 0 Å². The third kappa shape index (κ3) is 3.45. The average Bonchev–Trinajstić information content (AvgIpc) is 2.80. The molecule has 4 heteroatoms. The zero-order chi connectivity index (χ0) is 13.0. The van der Waals surface area contributed by atoms with E-state index in [0.717, 1.165) is 38.4 Å². The number of rotatable bonds is 4. The number of hydrogen-bond acceptors (Lipinski definition) is 3. The molecule has 1 atom stereocenters. The summed E-state index contributed by atoms with van der Waals surface area (Å²) in [6, 6.07) is 0. The molecule has 2 aliphatic rings. The van der Waals surface area contributed by atoms with E-state index in [4.69, 9.17) is 0 Å². The third-order valence-corrected chi connectivity index (χ3v) is 4.59. The Hall–Kier alpha value is -0.610. The molecule has 1 unspecified atom stereocenters. The van der Waals surface area contributed by atoms with Crippen molar-refractivity contribution in [2.45, 2.75) is 32.6 Å². The lowest BCUT2D eigenvalue weighted by atomic mass is 9.88. The van der Waals surface area contributed by atoms with Gasteiger partial charge in [-0.05, 0) is 65.2 Å². The molecule has 0 aromatic carbocycles. The van der Waals surface area contributed by atoms with Crippen molar-refractivity contribution in [1.29, 1.82) is 0 Å². The maximum Gasteiger partial charge on any atom is 0.227 e. The summed E-state index contributed by atoms with van der Waals surface area (Å²) in [5.41, 5.74) is -0.174. The molecule has 2 rings (SSSR count). The van der Waals surface area contributed by atoms with E-state index in [1.165, 1.54) is 25.9 Å². The van der Waals surface area contributed by atoms with Crippen LogP contribution in [-0.4, -0.2) is 50.6 Å². The van der Waals surface area contributed by atoms with Gasteiger partial charge in [0.15, 0.2) is 0 Å². The fourth-order valence-corrected chi connectivity index (χ4v) is 2.96. The van der Waals surface area contributed by atoms with E-state index in [0.29, 0.717) is 0 Å². The van der Waals surface area contributed by atoms with Gasteiger partial charge < -0.3 is 15.5 Å². The molecule has 0 aromatic heterocycles. The second-order valence-electron chi connectivity index (χ2n) is 6.28. The molecule has 2 N–H and O–H groups in total. The van der Waals surface area contributed by atoms with Gasteiger partial charge in [-0.25, -0.2) is 0 Å². The van der Waals surface area contributed by atoms with E-state index < -0.39 is 0 Å². The lowest BCUT2D eigenvalue weighted by Gasteiger charge is -2.29. The highest BCUT2D eigenvalue weighted by molar-refractivity contribution is 5.82. The van der Waals surface area contributed by atoms with Crippen molar-refractivity contribution in [3.8, 4) is 0 Å². The first-order valence-electron chi connectivity index (χ1n) is 7.28. The molecule has 0 spiro atoms. The molecule has 0 aliphatic carbocycles. The first-order chi connectivity index (χ1) is 8.60. The minimum atomic E-state index is -0.174. The number of carbonyl (C=O) groups excluding carboxylic acids is 1. The highest BCUT2D eigenvalue weighted by Crippen LogP contribution is 2.24. The minimum absolute atomic E-state index is 0.174. The van der Waals surface area contributed by atoms with Crippen molar-refractivity contribution >= 4 is 5.91 Å². The van der Waals surface area contributed by atoms with Crippen molar-refractivity contribution in [2.75, 3.05) is 39.8 Å². The molecular weight excluding hydrogens is 226 g/mol. The largest absolute Gasteiger partial charge is 0.356 e. The van der Waals surface area contributed by atoms with Crippen LogP contribution in [-0.2, 0) is 4.79 Å². The number of carbonyl (C=O) groups is 1. The maximum absolute atomic E-state index is 12.1. The lowest BCUT2D eigenvalue weighted by molar-refractivity contribution is -0.129. The summed E-state index contributed by atoms with van der Waals surface area (Å²) < 4.78 is 0. The van der Waals surface area contributed by atoms with Gasteiger partial charge >= 0.3 is 0 Å². The maximum atomic E-state index is 12.1. The van der Waals surface area contributed by atoms with Crippen LogP contribution in [0.1, 0.15) is 32.6 Å². The number of amides is 1. The van der Waals surface area contributed by atoms with Crippen LogP contribution in [0.5, 0.6) is 0 Å². The van der Waals surface area contributed by atoms with Crippen molar-refractivity contribution in [3.63, 3.8) is 0 Å². The Morgan fingerprint density at radius 3 is 2.78 bits per heavy atom. The standard InChI is InChI=1S/C14H27N3O/c1-14(6-8-15-11-14)13(18)16-7-3-12-4-9-17(2)10-5-12/h12,15H,3-11H2,1-2H3,(H,16,18). The van der Waals surface area contributed by atoms with E-state index in [9.17, 15) is 4.79 Å². The zero-order valence-corrected chi connectivity index (χ0v) is 11.8. The predicted molar refractivity (Wildman–Crippen MR) is 73.4 cm³/mol. The molecule has 2 heterocycles. The fourth-order valence-electron chi connectivity index (χ4n) is 2.96. The molecule has 2 fully saturated rings. The molecule has 0 bridgehead atoms. The quantitative estimate of drug-likeness (QED) is 0.780. The summed E-state index contributed by atoms with van der Waals surface area (Å²) in [4.78, 5) is 14.5. The second kappa shape index (κ2) is 6.02. The van der Waals surface area contributed by atoms with Crippen LogP contribution in [0.25, 0.3) is 0 Å². The summed E-state index contributed by atoms with van der Waals surface area (Å²) >= 11 is 0. The summed E-state index contributed by atoms with van der Waals surface area (Å²) in [7, 11) is 2.19. The molecule has 2 aliphatic heterocycles. The van der Waals surface area contributed by atoms with Crippen molar-refractivity contribution in [3.05, 3.63) is 0 Å². The van der Waals surface area contributed by atoms with Crippen molar-refractivity contribution < 1.29 is 4.79 Å². The van der Waals surface area contributed by atoms with Gasteiger partial charge in [0.25, 0.3) is 0 Å². The molecule has 0 aromatic rings. The monoisotopic (exact) mass is 253 g/mol. The zero-order valence-electron chi connectivity index (χ0n) is 11.8. The van der Waals surface area contributed by atoms with E-state index in [1.54, 1.807) is 0 Å². The van der Waals surface area contributed by atoms with Crippen molar-refractivity contribution in [1.82, 2.24) is 15.5 Å². The van der Waals surface area contributed by atoms with Crippen LogP contribution in [0.15, 0.2) is 0 Å². The predicted octanol–water partition coefficient (Wildman–Crippen LogP) is 0.834. The smallest absolute Gasteiger partial charge is 0.227 e. The minimum Gasteiger partial charge on any atom is -0.356 e. The second-order valence-corrected chi connectivity index (χ2v) is 6.28. The molecular formula is C14H27N3O. The number of likely N-dealkylation sites (tertiary alicyclic amines) is 1. The Balaban J connectivity index is 1.64. The van der Waals surface area contributed by atoms with Crippen LogP contribution in [0.2, 0.25) is 0 Å². The van der Waals surface area contributed by atoms with Gasteiger partial charge in [0.05, 0.1) is 5.41 Å². The van der Waals surface area contributed by atoms with Crippen LogP contribution in [0, 0.1) is 11.3 Å². The summed E-state index contributed by atoms with van der Waals surface area (Å²) in [6.45, 7) is 7.13. The Morgan fingerprint density at radius 2 is 2.17 bits per heavy atom. The molecule has 0 radical (unpaired) electrons. The van der Waals surface area contributed by atoms with Crippen LogP contribution < -0.4 is 10.6 Å². The fraction of sp³-hybridized carbons (Fsp3) is 0.929. The SMILES string of the molecule is CN1CCC(CCNC(=O)C2(C)CCNC2)CC1. The van der Waals surface area contributed by atoms with Gasteiger partial charge in [0.2, 0.25) is 5.91 Å². The van der Waals surface area contributed by atoms with Gasteiger partial charge in [0.1, 0.15) is 0 Å². The number of hydrogen-bond donors (Lipinski definition) is 2. The molecule has 0 saturated carbocycles. The number of nitrogens with one attached hydrogen (secondary N) is 2. The summed E-state index contributed by atoms with van der Waals surface area (Å²) in [5, 5.41) is 6.40. The molecule has 2 saturated heterocycles. The van der Waals surface area contributed by atoms with Gasteiger partial charge in [-0.2, -0.15) is 0 Å².